The summed E-state index contributed by atoms with van der Waals surface area (Å²) in [6, 6.07) is 0.352. The van der Waals surface area contributed by atoms with Gasteiger partial charge in [0.25, 0.3) is 0 Å². The molecule has 1 fully saturated rings. The van der Waals surface area contributed by atoms with E-state index in [9.17, 15) is 9.90 Å². The molecule has 3 N–H and O–H groups in total. The molecule has 1 aliphatic rings. The van der Waals surface area contributed by atoms with Crippen molar-refractivity contribution < 1.29 is 14.6 Å². The van der Waals surface area contributed by atoms with E-state index >= 15 is 0 Å². The molecule has 0 spiro atoms. The van der Waals surface area contributed by atoms with E-state index in [2.05, 4.69) is 35.9 Å². The molecule has 2 aromatic rings. The maximum atomic E-state index is 11.7. The number of tetrazole rings is 1. The zero-order valence-corrected chi connectivity index (χ0v) is 15.3. The standard InChI is InChI=1S/C17H25N7O3/c1-2-3-13(16(25)26)14(15-21-23-24-22-15)8-11-9-19-17(20-10-11)27-12-4-6-18-7-5-12/h9-10,12-14,18H,2-8H2,1H3,(H,25,26)(H,21,22,23,24). The predicted molar refractivity (Wildman–Crippen MR) is 95.2 cm³/mol. The van der Waals surface area contributed by atoms with E-state index in [1.54, 1.807) is 12.4 Å². The molecule has 0 radical (unpaired) electrons. The molecule has 10 nitrogen and oxygen atoms in total. The van der Waals surface area contributed by atoms with Crippen LogP contribution in [0.5, 0.6) is 6.01 Å². The molecular formula is C17H25N7O3. The highest BCUT2D eigenvalue weighted by Crippen LogP contribution is 2.29. The van der Waals surface area contributed by atoms with E-state index in [1.807, 2.05) is 6.92 Å². The van der Waals surface area contributed by atoms with Crippen molar-refractivity contribution >= 4 is 5.97 Å². The molecule has 0 amide bonds. The average molecular weight is 375 g/mol. The Labute approximate surface area is 157 Å². The van der Waals surface area contributed by atoms with E-state index in [0.29, 0.717) is 24.7 Å². The molecule has 2 atom stereocenters. The maximum Gasteiger partial charge on any atom is 0.316 e. The van der Waals surface area contributed by atoms with Gasteiger partial charge in [-0.05, 0) is 44.3 Å². The molecular weight excluding hydrogens is 350 g/mol. The zero-order chi connectivity index (χ0) is 19.1. The third kappa shape index (κ3) is 5.19. The van der Waals surface area contributed by atoms with Crippen LogP contribution in [0.25, 0.3) is 0 Å². The van der Waals surface area contributed by atoms with Crippen molar-refractivity contribution in [3.63, 3.8) is 0 Å². The summed E-state index contributed by atoms with van der Waals surface area (Å²) in [4.78, 5) is 20.3. The normalized spacial score (nSPS) is 17.4. The highest BCUT2D eigenvalue weighted by Gasteiger charge is 2.32. The highest BCUT2D eigenvalue weighted by atomic mass is 16.5. The molecule has 0 aliphatic carbocycles. The number of H-pyrrole nitrogens is 1. The molecule has 2 unspecified atom stereocenters. The number of ether oxygens (including phenoxy) is 1. The Morgan fingerprint density at radius 2 is 2.07 bits per heavy atom. The van der Waals surface area contributed by atoms with Gasteiger partial charge in [0.1, 0.15) is 6.10 Å². The van der Waals surface area contributed by atoms with Gasteiger partial charge >= 0.3 is 12.0 Å². The number of rotatable bonds is 9. The minimum atomic E-state index is -0.863. The Hall–Kier alpha value is -2.62. The summed E-state index contributed by atoms with van der Waals surface area (Å²) < 4.78 is 5.82. The van der Waals surface area contributed by atoms with Crippen LogP contribution in [0.1, 0.15) is 49.9 Å². The van der Waals surface area contributed by atoms with E-state index in [-0.39, 0.29) is 6.10 Å². The van der Waals surface area contributed by atoms with Crippen molar-refractivity contribution in [2.24, 2.45) is 5.92 Å². The molecule has 27 heavy (non-hydrogen) atoms. The van der Waals surface area contributed by atoms with E-state index < -0.39 is 17.8 Å². The first-order chi connectivity index (χ1) is 13.2. The van der Waals surface area contributed by atoms with Crippen LogP contribution in [0.4, 0.5) is 0 Å². The third-order valence-electron chi connectivity index (χ3n) is 4.79. The summed E-state index contributed by atoms with van der Waals surface area (Å²) in [5.41, 5.74) is 0.810. The van der Waals surface area contributed by atoms with Crippen molar-refractivity contribution in [2.45, 2.75) is 51.0 Å². The lowest BCUT2D eigenvalue weighted by Gasteiger charge is -2.23. The number of aromatic nitrogens is 6. The van der Waals surface area contributed by atoms with Crippen molar-refractivity contribution in [1.82, 2.24) is 35.9 Å². The second-order valence-corrected chi connectivity index (χ2v) is 6.76. The Kier molecular flexibility index (Phi) is 6.64. The Balaban J connectivity index is 1.70. The first-order valence-electron chi connectivity index (χ1n) is 9.31. The molecule has 3 heterocycles. The van der Waals surface area contributed by atoms with Crippen LogP contribution in [-0.2, 0) is 11.2 Å². The lowest BCUT2D eigenvalue weighted by molar-refractivity contribution is -0.143. The Morgan fingerprint density at radius 1 is 1.33 bits per heavy atom. The first kappa shape index (κ1) is 19.2. The van der Waals surface area contributed by atoms with Crippen LogP contribution in [0.2, 0.25) is 0 Å². The van der Waals surface area contributed by atoms with Gasteiger partial charge in [0.15, 0.2) is 5.82 Å². The minimum absolute atomic E-state index is 0.130. The van der Waals surface area contributed by atoms with Gasteiger partial charge in [-0.15, -0.1) is 10.2 Å². The summed E-state index contributed by atoms with van der Waals surface area (Å²) >= 11 is 0. The number of piperidine rings is 1. The largest absolute Gasteiger partial charge is 0.481 e. The van der Waals surface area contributed by atoms with Crippen molar-refractivity contribution in [3.8, 4) is 6.01 Å². The molecule has 0 aromatic carbocycles. The second-order valence-electron chi connectivity index (χ2n) is 6.76. The quantitative estimate of drug-likeness (QED) is 0.584. The fraction of sp³-hybridized carbons (Fsp3) is 0.647. The van der Waals surface area contributed by atoms with E-state index in [4.69, 9.17) is 4.74 Å². The van der Waals surface area contributed by atoms with E-state index in [1.165, 1.54) is 0 Å². The topological polar surface area (TPSA) is 139 Å². The molecule has 0 saturated carbocycles. The number of aliphatic carboxylic acids is 1. The maximum absolute atomic E-state index is 11.7. The first-order valence-corrected chi connectivity index (χ1v) is 9.31. The molecule has 1 saturated heterocycles. The number of nitrogens with one attached hydrogen (secondary N) is 2. The van der Waals surface area contributed by atoms with Crippen LogP contribution in [-0.4, -0.2) is 60.9 Å². The van der Waals surface area contributed by atoms with Gasteiger partial charge in [0.05, 0.1) is 5.92 Å². The highest BCUT2D eigenvalue weighted by molar-refractivity contribution is 5.71. The fourth-order valence-electron chi connectivity index (χ4n) is 3.37. The van der Waals surface area contributed by atoms with Crippen LogP contribution < -0.4 is 10.1 Å². The Bertz CT molecular complexity index is 702. The van der Waals surface area contributed by atoms with Crippen molar-refractivity contribution in [1.29, 1.82) is 0 Å². The predicted octanol–water partition coefficient (Wildman–Crippen LogP) is 0.948. The van der Waals surface area contributed by atoms with Crippen molar-refractivity contribution in [3.05, 3.63) is 23.8 Å². The van der Waals surface area contributed by atoms with Gasteiger partial charge in [-0.1, -0.05) is 18.6 Å². The molecule has 1 aliphatic heterocycles. The van der Waals surface area contributed by atoms with Gasteiger partial charge in [-0.25, -0.2) is 9.97 Å². The Morgan fingerprint density at radius 3 is 2.67 bits per heavy atom. The summed E-state index contributed by atoms with van der Waals surface area (Å²) in [7, 11) is 0. The number of aromatic amines is 1. The second kappa shape index (κ2) is 9.36. The molecule has 2 aromatic heterocycles. The van der Waals surface area contributed by atoms with Crippen LogP contribution >= 0.6 is 0 Å². The summed E-state index contributed by atoms with van der Waals surface area (Å²) in [6.07, 6.45) is 7.07. The van der Waals surface area contributed by atoms with Gasteiger partial charge < -0.3 is 15.2 Å². The number of nitrogens with zero attached hydrogens (tertiary/aromatic N) is 5. The lowest BCUT2D eigenvalue weighted by Crippen LogP contribution is -2.34. The zero-order valence-electron chi connectivity index (χ0n) is 15.3. The number of carboxylic acids is 1. The number of carboxylic acid groups (broad SMARTS) is 1. The molecule has 3 rings (SSSR count). The molecule has 10 heteroatoms. The number of hydrogen-bond acceptors (Lipinski definition) is 8. The summed E-state index contributed by atoms with van der Waals surface area (Å²) in [5, 5.41) is 26.9. The van der Waals surface area contributed by atoms with Gasteiger partial charge in [-0.3, -0.25) is 4.79 Å². The van der Waals surface area contributed by atoms with Gasteiger partial charge in [0, 0.05) is 18.3 Å². The molecule has 146 valence electrons. The monoisotopic (exact) mass is 375 g/mol. The SMILES string of the molecule is CCCC(C(=O)O)C(Cc1cnc(OC2CCNCC2)nc1)c1nn[nH]n1. The molecule has 0 bridgehead atoms. The summed E-state index contributed by atoms with van der Waals surface area (Å²) in [6.45, 7) is 3.82. The van der Waals surface area contributed by atoms with Crippen molar-refractivity contribution in [2.75, 3.05) is 13.1 Å². The number of carbonyl (C=O) groups is 1. The third-order valence-corrected chi connectivity index (χ3v) is 4.79. The van der Waals surface area contributed by atoms with E-state index in [0.717, 1.165) is 37.9 Å². The number of hydrogen-bond donors (Lipinski definition) is 3. The average Bonchev–Trinajstić information content (AvgIpc) is 3.21. The minimum Gasteiger partial charge on any atom is -0.481 e. The van der Waals surface area contributed by atoms with Crippen LogP contribution in [0, 0.1) is 5.92 Å². The smallest absolute Gasteiger partial charge is 0.316 e. The fourth-order valence-corrected chi connectivity index (χ4v) is 3.37. The van der Waals surface area contributed by atoms with Crippen LogP contribution in [0.15, 0.2) is 12.4 Å². The lowest BCUT2D eigenvalue weighted by atomic mass is 9.84. The summed E-state index contributed by atoms with van der Waals surface area (Å²) in [5.74, 6) is -1.47. The van der Waals surface area contributed by atoms with Gasteiger partial charge in [0.2, 0.25) is 0 Å². The van der Waals surface area contributed by atoms with Crippen LogP contribution in [0.3, 0.4) is 0 Å². The van der Waals surface area contributed by atoms with Gasteiger partial charge in [-0.2, -0.15) is 5.21 Å².